The number of thiophene rings is 1. The molecule has 192 valence electrons. The third-order valence-electron chi connectivity index (χ3n) is 7.64. The molecule has 0 aliphatic carbocycles. The lowest BCUT2D eigenvalue weighted by Gasteiger charge is -2.23. The van der Waals surface area contributed by atoms with E-state index in [-0.39, 0.29) is 5.41 Å². The summed E-state index contributed by atoms with van der Waals surface area (Å²) in [6.07, 6.45) is 2.96. The number of pyridine rings is 1. The van der Waals surface area contributed by atoms with Crippen LogP contribution in [0.25, 0.3) is 54.3 Å². The van der Waals surface area contributed by atoms with Gasteiger partial charge in [0.1, 0.15) is 0 Å². The van der Waals surface area contributed by atoms with E-state index in [1.807, 2.05) is 17.6 Å². The number of furan rings is 1. The summed E-state index contributed by atoms with van der Waals surface area (Å²) in [5.74, 6) is 0.650. The van der Waals surface area contributed by atoms with E-state index in [2.05, 4.69) is 109 Å². The lowest BCUT2D eigenvalue weighted by atomic mass is 9.82. The average molecular weight is 518 g/mol. The summed E-state index contributed by atoms with van der Waals surface area (Å²) in [7, 11) is 0. The van der Waals surface area contributed by atoms with Crippen LogP contribution in [0.4, 0.5) is 0 Å². The molecule has 3 heteroatoms. The van der Waals surface area contributed by atoms with Gasteiger partial charge in [-0.2, -0.15) is 0 Å². The largest absolute Gasteiger partial charge is 0.446 e. The molecule has 2 nitrogen and oxygen atoms in total. The molecule has 0 amide bonds. The molecule has 0 saturated heterocycles. The summed E-state index contributed by atoms with van der Waals surface area (Å²) < 4.78 is 7.35. The van der Waals surface area contributed by atoms with E-state index >= 15 is 0 Å². The Labute approximate surface area is 229 Å². The van der Waals surface area contributed by atoms with Crippen molar-refractivity contribution in [3.05, 3.63) is 88.5 Å². The second-order valence-corrected chi connectivity index (χ2v) is 13.2. The number of nitrogens with zero attached hydrogens (tertiary/aromatic N) is 1. The van der Waals surface area contributed by atoms with Crippen molar-refractivity contribution in [3.8, 4) is 22.4 Å². The summed E-state index contributed by atoms with van der Waals surface area (Å²) in [5.41, 5.74) is 9.05. The number of fused-ring (bicyclic) bond motifs is 3. The van der Waals surface area contributed by atoms with Gasteiger partial charge in [-0.1, -0.05) is 71.0 Å². The first-order valence-electron chi connectivity index (χ1n) is 13.5. The zero-order valence-corrected chi connectivity index (χ0v) is 24.2. The van der Waals surface area contributed by atoms with E-state index < -0.39 is 0 Å². The molecule has 0 radical (unpaired) electrons. The van der Waals surface area contributed by atoms with Crippen molar-refractivity contribution in [1.29, 1.82) is 0 Å². The van der Waals surface area contributed by atoms with Crippen LogP contribution in [0.5, 0.6) is 0 Å². The number of rotatable bonds is 4. The molecular formula is C35H35NOS. The van der Waals surface area contributed by atoms with Gasteiger partial charge in [0.15, 0.2) is 0 Å². The molecule has 3 aromatic carbocycles. The minimum absolute atomic E-state index is 0.0135. The zero-order valence-electron chi connectivity index (χ0n) is 23.4. The van der Waals surface area contributed by atoms with Gasteiger partial charge in [0.05, 0.1) is 17.3 Å². The fourth-order valence-electron chi connectivity index (χ4n) is 5.65. The van der Waals surface area contributed by atoms with Gasteiger partial charge in [-0.05, 0) is 99.8 Å². The van der Waals surface area contributed by atoms with Gasteiger partial charge in [0, 0.05) is 15.1 Å². The second kappa shape index (κ2) is 9.10. The van der Waals surface area contributed by atoms with Gasteiger partial charge in [0.25, 0.3) is 0 Å². The maximum absolute atomic E-state index is 6.00. The van der Waals surface area contributed by atoms with Gasteiger partial charge in [-0.25, -0.2) is 4.98 Å². The molecule has 0 saturated carbocycles. The number of aryl methyl sites for hydroxylation is 2. The van der Waals surface area contributed by atoms with E-state index in [1.165, 1.54) is 48.0 Å². The van der Waals surface area contributed by atoms with E-state index in [9.17, 15) is 0 Å². The number of hydrogen-bond donors (Lipinski definition) is 0. The molecular weight excluding hydrogens is 482 g/mol. The van der Waals surface area contributed by atoms with Crippen LogP contribution < -0.4 is 0 Å². The Morgan fingerprint density at radius 1 is 0.895 bits per heavy atom. The Morgan fingerprint density at radius 2 is 1.68 bits per heavy atom. The summed E-state index contributed by atoms with van der Waals surface area (Å²) in [6, 6.07) is 22.4. The molecule has 6 rings (SSSR count). The van der Waals surface area contributed by atoms with Crippen molar-refractivity contribution in [2.75, 3.05) is 0 Å². The minimum Gasteiger partial charge on any atom is -0.446 e. The zero-order chi connectivity index (χ0) is 26.8. The highest BCUT2D eigenvalue weighted by Crippen LogP contribution is 2.41. The second-order valence-electron chi connectivity index (χ2n) is 12.1. The lowest BCUT2D eigenvalue weighted by Crippen LogP contribution is -2.12. The fourth-order valence-corrected chi connectivity index (χ4v) is 7.12. The predicted octanol–water partition coefficient (Wildman–Crippen LogP) is 10.6. The first-order valence-corrected chi connectivity index (χ1v) is 14.4. The van der Waals surface area contributed by atoms with E-state index in [4.69, 9.17) is 9.40 Å². The predicted molar refractivity (Wildman–Crippen MR) is 164 cm³/mol. The Morgan fingerprint density at radius 3 is 2.45 bits per heavy atom. The summed E-state index contributed by atoms with van der Waals surface area (Å²) in [6.45, 7) is 15.8. The van der Waals surface area contributed by atoms with Gasteiger partial charge in [0.2, 0.25) is 5.71 Å². The Kier molecular flexibility index (Phi) is 5.96. The highest BCUT2D eigenvalue weighted by Gasteiger charge is 2.21. The fraction of sp³-hybridized carbons (Fsp3) is 0.286. The molecule has 6 aromatic rings. The molecule has 0 unspecified atom stereocenters. The van der Waals surface area contributed by atoms with Gasteiger partial charge in [-0.15, -0.1) is 11.3 Å². The molecule has 38 heavy (non-hydrogen) atoms. The van der Waals surface area contributed by atoms with Gasteiger partial charge >= 0.3 is 0 Å². The number of aromatic nitrogens is 1. The Balaban J connectivity index is 1.57. The molecule has 0 aliphatic rings. The molecule has 0 N–H and O–H groups in total. The molecule has 0 bridgehead atoms. The molecule has 3 aromatic heterocycles. The number of hydrogen-bond acceptors (Lipinski definition) is 3. The molecule has 0 aliphatic heterocycles. The smallest absolute Gasteiger partial charge is 0.227 e. The van der Waals surface area contributed by atoms with Crippen LogP contribution in [0, 0.1) is 19.8 Å². The van der Waals surface area contributed by atoms with Crippen molar-refractivity contribution < 1.29 is 4.42 Å². The maximum atomic E-state index is 6.00. The molecule has 0 spiro atoms. The number of benzene rings is 3. The first-order chi connectivity index (χ1) is 18.1. The Hall–Kier alpha value is -3.43. The van der Waals surface area contributed by atoms with Crippen molar-refractivity contribution in [2.45, 2.75) is 60.3 Å². The van der Waals surface area contributed by atoms with Gasteiger partial charge in [-0.3, -0.25) is 0 Å². The lowest BCUT2D eigenvalue weighted by molar-refractivity contribution is 0.596. The van der Waals surface area contributed by atoms with E-state index in [1.54, 1.807) is 0 Å². The maximum Gasteiger partial charge on any atom is 0.227 e. The molecule has 3 heterocycles. The average Bonchev–Trinajstić information content (AvgIpc) is 3.40. The normalized spacial score (nSPS) is 12.4. The van der Waals surface area contributed by atoms with Gasteiger partial charge < -0.3 is 4.42 Å². The standard InChI is InChI=1S/C35H35NOS/c1-20(2)14-31-22(4)26-13-12-24(17-32(26)38-31)28-18-30(36-34-33(28)21(3)19-37-34)25-15-23-10-8-9-11-27(23)29(16-25)35(5,6)7/h8-13,15-20H,14H2,1-7H3. The van der Waals surface area contributed by atoms with Crippen molar-refractivity contribution in [2.24, 2.45) is 5.92 Å². The first kappa shape index (κ1) is 24.9. The van der Waals surface area contributed by atoms with Crippen molar-refractivity contribution in [1.82, 2.24) is 4.98 Å². The topological polar surface area (TPSA) is 26.0 Å². The van der Waals surface area contributed by atoms with Crippen LogP contribution >= 0.6 is 11.3 Å². The summed E-state index contributed by atoms with van der Waals surface area (Å²) >= 11 is 1.94. The molecule has 0 fully saturated rings. The Bertz CT molecular complexity index is 1830. The summed E-state index contributed by atoms with van der Waals surface area (Å²) in [5, 5.41) is 5.01. The van der Waals surface area contributed by atoms with Crippen LogP contribution in [-0.2, 0) is 11.8 Å². The third-order valence-corrected chi connectivity index (χ3v) is 8.91. The van der Waals surface area contributed by atoms with Crippen LogP contribution in [0.3, 0.4) is 0 Å². The van der Waals surface area contributed by atoms with Crippen molar-refractivity contribution >= 4 is 43.3 Å². The third kappa shape index (κ3) is 4.23. The van der Waals surface area contributed by atoms with Crippen LogP contribution in [0.1, 0.15) is 56.2 Å². The van der Waals surface area contributed by atoms with Crippen LogP contribution in [0.2, 0.25) is 0 Å². The van der Waals surface area contributed by atoms with E-state index in [0.29, 0.717) is 11.6 Å². The minimum atomic E-state index is 0.0135. The van der Waals surface area contributed by atoms with Crippen molar-refractivity contribution in [3.63, 3.8) is 0 Å². The quantitative estimate of drug-likeness (QED) is 0.232. The summed E-state index contributed by atoms with van der Waals surface area (Å²) in [4.78, 5) is 6.53. The molecule has 0 atom stereocenters. The highest BCUT2D eigenvalue weighted by atomic mass is 32.1. The monoisotopic (exact) mass is 517 g/mol. The van der Waals surface area contributed by atoms with E-state index in [0.717, 1.165) is 28.6 Å². The van der Waals surface area contributed by atoms with Crippen LogP contribution in [-0.4, -0.2) is 4.98 Å². The SMILES string of the molecule is Cc1c(CC(C)C)sc2cc(-c3cc(-c4cc(C(C)(C)C)c5ccccc5c4)nc4occ(C)c34)ccc12. The highest BCUT2D eigenvalue weighted by molar-refractivity contribution is 7.19. The van der Waals surface area contributed by atoms with Crippen LogP contribution in [0.15, 0.2) is 71.3 Å².